The van der Waals surface area contributed by atoms with Crippen LogP contribution in [0.1, 0.15) is 39.9 Å². The number of pyridine rings is 1. The van der Waals surface area contributed by atoms with Crippen LogP contribution >= 0.6 is 0 Å². The van der Waals surface area contributed by atoms with Gasteiger partial charge in [0.15, 0.2) is 0 Å². The number of allylic oxidation sites excluding steroid dienone is 2. The average Bonchev–Trinajstić information content (AvgIpc) is 1.90. The first-order chi connectivity index (χ1) is 41.6. The maximum atomic E-state index is 4.96. The molecule has 1 atom stereocenters. The van der Waals surface area contributed by atoms with Crippen LogP contribution in [0.5, 0.6) is 0 Å². The molecule has 1 spiro atoms. The summed E-state index contributed by atoms with van der Waals surface area (Å²) >= 11 is 0. The van der Waals surface area contributed by atoms with E-state index >= 15 is 0 Å². The molecule has 0 radical (unpaired) electrons. The summed E-state index contributed by atoms with van der Waals surface area (Å²) in [7, 11) is 0. The average molecular weight is 1070 g/mol. The topological polar surface area (TPSA) is 44.5 Å². The van der Waals surface area contributed by atoms with Crippen molar-refractivity contribution in [2.24, 2.45) is 0 Å². The molecule has 0 fully saturated rings. The van der Waals surface area contributed by atoms with Gasteiger partial charge in [-0.3, -0.25) is 0 Å². The normalized spacial score (nSPS) is 13.8. The van der Waals surface area contributed by atoms with E-state index in [1.807, 2.05) is 0 Å². The summed E-state index contributed by atoms with van der Waals surface area (Å²) in [6.45, 7) is 0.309. The van der Waals surface area contributed by atoms with E-state index in [9.17, 15) is 0 Å². The molecule has 12 aromatic carbocycles. The van der Waals surface area contributed by atoms with Crippen LogP contribution in [0, 0.1) is 0 Å². The Bertz CT molecular complexity index is 4510. The lowest BCUT2D eigenvalue weighted by Crippen LogP contribution is -2.51. The standard InChI is InChI=1S/C25H17N.C18H15B.C13H10.2C12H9N/c1-2-11-22-19(6-1)16-21-23(26-22)12-5-14-25(21)15-13-18-8-3-7-17-9-4-10-20(25)24(17)18;1-4-10-16(11-5-1)19(17-12-6-2-7-13-17)18-14-8-3-9-15-18;1-3-7-12-10(5-1)9-11-6-2-4-8-13(11)12;2*1-3-7-11-9(5-1)10-6-2-4-8-12(10)13-11/h1-13,15-16H,14H2;1-15H;1-8H,9H2;2*1-8,13H. The van der Waals surface area contributed by atoms with Crippen molar-refractivity contribution in [2.45, 2.75) is 18.3 Å². The number of hydrogen-bond acceptors (Lipinski definition) is 1. The molecular formula is C80H60BN3. The first kappa shape index (κ1) is 51.6. The highest BCUT2D eigenvalue weighted by Gasteiger charge is 2.38. The second-order valence-corrected chi connectivity index (χ2v) is 21.9. The minimum Gasteiger partial charge on any atom is -0.355 e. The van der Waals surface area contributed by atoms with Gasteiger partial charge in [0.1, 0.15) is 0 Å². The molecule has 0 bridgehead atoms. The quantitative estimate of drug-likeness (QED) is 0.170. The number of nitrogens with zero attached hydrogens (tertiary/aromatic N) is 1. The van der Waals surface area contributed by atoms with Crippen molar-refractivity contribution in [1.82, 2.24) is 15.0 Å². The molecule has 398 valence electrons. The molecule has 2 N–H and O–H groups in total. The third-order valence-corrected chi connectivity index (χ3v) is 16.8. The molecule has 0 saturated carbocycles. The molecule has 3 nitrogen and oxygen atoms in total. The maximum absolute atomic E-state index is 4.96. The molecule has 3 aliphatic carbocycles. The van der Waals surface area contributed by atoms with E-state index in [0.29, 0.717) is 6.71 Å². The van der Waals surface area contributed by atoms with Gasteiger partial charge in [-0.05, 0) is 105 Å². The second kappa shape index (κ2) is 23.1. The molecule has 1 unspecified atom stereocenters. The van der Waals surface area contributed by atoms with Crippen LogP contribution in [0.4, 0.5) is 0 Å². The lowest BCUT2D eigenvalue weighted by atomic mass is 9.37. The summed E-state index contributed by atoms with van der Waals surface area (Å²) in [5.74, 6) is 0. The highest BCUT2D eigenvalue weighted by atomic mass is 14.7. The van der Waals surface area contributed by atoms with Crippen LogP contribution < -0.4 is 16.4 Å². The Balaban J connectivity index is 0.0000000964. The van der Waals surface area contributed by atoms with Crippen molar-refractivity contribution < 1.29 is 0 Å². The number of hydrogen-bond donors (Lipinski definition) is 2. The molecule has 0 amide bonds. The van der Waals surface area contributed by atoms with Gasteiger partial charge in [0.25, 0.3) is 0 Å². The first-order valence-corrected chi connectivity index (χ1v) is 29.2. The zero-order chi connectivity index (χ0) is 56.1. The van der Waals surface area contributed by atoms with Crippen molar-refractivity contribution in [3.05, 3.63) is 349 Å². The zero-order valence-electron chi connectivity index (χ0n) is 46.6. The lowest BCUT2D eigenvalue weighted by Gasteiger charge is -2.38. The predicted octanol–water partition coefficient (Wildman–Crippen LogP) is 18.2. The molecule has 0 aliphatic heterocycles. The van der Waals surface area contributed by atoms with E-state index in [2.05, 4.69) is 338 Å². The summed E-state index contributed by atoms with van der Waals surface area (Å²) < 4.78 is 0. The van der Waals surface area contributed by atoms with Crippen LogP contribution in [-0.2, 0) is 11.8 Å². The van der Waals surface area contributed by atoms with Gasteiger partial charge in [0.05, 0.1) is 11.2 Å². The van der Waals surface area contributed by atoms with Gasteiger partial charge in [-0.15, -0.1) is 0 Å². The third-order valence-electron chi connectivity index (χ3n) is 16.8. The number of para-hydroxylation sites is 5. The Morgan fingerprint density at radius 3 is 1.31 bits per heavy atom. The largest absolute Gasteiger partial charge is 0.355 e. The highest BCUT2D eigenvalue weighted by Crippen LogP contribution is 2.49. The summed E-state index contributed by atoms with van der Waals surface area (Å²) in [5.41, 5.74) is 20.7. The molecule has 84 heavy (non-hydrogen) atoms. The fraction of sp³-hybridized carbons (Fsp3) is 0.0375. The van der Waals surface area contributed by atoms with Crippen molar-refractivity contribution in [1.29, 1.82) is 0 Å². The third kappa shape index (κ3) is 10.1. The van der Waals surface area contributed by atoms with E-state index in [0.717, 1.165) is 24.1 Å². The molecule has 3 aromatic heterocycles. The van der Waals surface area contributed by atoms with E-state index in [1.165, 1.54) is 115 Å². The maximum Gasteiger partial charge on any atom is 0.241 e. The Morgan fingerprint density at radius 2 is 0.786 bits per heavy atom. The van der Waals surface area contributed by atoms with Crippen molar-refractivity contribution in [3.8, 4) is 11.1 Å². The lowest BCUT2D eigenvalue weighted by molar-refractivity contribution is 0.650. The smallest absolute Gasteiger partial charge is 0.241 e. The van der Waals surface area contributed by atoms with Crippen LogP contribution in [0.15, 0.2) is 315 Å². The Morgan fingerprint density at radius 1 is 0.357 bits per heavy atom. The van der Waals surface area contributed by atoms with Gasteiger partial charge in [-0.2, -0.15) is 0 Å². The Hall–Kier alpha value is -10.5. The summed E-state index contributed by atoms with van der Waals surface area (Å²) in [4.78, 5) is 11.7. The first-order valence-electron chi connectivity index (χ1n) is 29.2. The van der Waals surface area contributed by atoms with Gasteiger partial charge >= 0.3 is 0 Å². The number of aromatic nitrogens is 3. The monoisotopic (exact) mass is 1070 g/mol. The summed E-state index contributed by atoms with van der Waals surface area (Å²) in [6.07, 6.45) is 11.2. The van der Waals surface area contributed by atoms with Crippen molar-refractivity contribution in [2.75, 3.05) is 0 Å². The predicted molar refractivity (Wildman–Crippen MR) is 359 cm³/mol. The van der Waals surface area contributed by atoms with E-state index in [1.54, 1.807) is 0 Å². The molecule has 3 heterocycles. The summed E-state index contributed by atoms with van der Waals surface area (Å²) in [6, 6.07) is 107. The Labute approximate surface area is 491 Å². The van der Waals surface area contributed by atoms with E-state index < -0.39 is 0 Å². The fourth-order valence-electron chi connectivity index (χ4n) is 12.9. The van der Waals surface area contributed by atoms with Crippen molar-refractivity contribution >= 4 is 101 Å². The second-order valence-electron chi connectivity index (χ2n) is 21.9. The van der Waals surface area contributed by atoms with Gasteiger partial charge < -0.3 is 9.97 Å². The molecule has 0 saturated heterocycles. The molecule has 15 aromatic rings. The van der Waals surface area contributed by atoms with Crippen LogP contribution in [-0.4, -0.2) is 21.7 Å². The minimum absolute atomic E-state index is 0.130. The SMILES string of the molecule is C1=Cc2nc3ccccc3cc2C2(C=Cc3cccc4cccc2c34)C1.c1ccc(B(c2ccccc2)c2ccccc2)cc1.c1ccc2c(c1)Cc1ccccc1-2.c1ccc2c(c1)[nH]c1ccccc12.c1ccc2c(c1)[nH]c1ccccc12. The molecule has 4 heteroatoms. The summed E-state index contributed by atoms with van der Waals surface area (Å²) in [5, 5.41) is 9.12. The molecule has 3 aliphatic rings. The zero-order valence-corrected chi connectivity index (χ0v) is 46.6. The Kier molecular flexibility index (Phi) is 14.2. The van der Waals surface area contributed by atoms with Crippen molar-refractivity contribution in [3.63, 3.8) is 0 Å². The van der Waals surface area contributed by atoms with Gasteiger partial charge in [0, 0.05) is 54.4 Å². The number of rotatable bonds is 3. The fourth-order valence-corrected chi connectivity index (χ4v) is 12.9. The molecule has 18 rings (SSSR count). The molecular weight excluding hydrogens is 1010 g/mol. The number of nitrogens with one attached hydrogen (secondary N) is 2. The van der Waals surface area contributed by atoms with Gasteiger partial charge in [0.2, 0.25) is 6.71 Å². The number of aromatic amines is 2. The van der Waals surface area contributed by atoms with E-state index in [4.69, 9.17) is 4.98 Å². The van der Waals surface area contributed by atoms with Crippen LogP contribution in [0.2, 0.25) is 0 Å². The number of H-pyrrole nitrogens is 2. The van der Waals surface area contributed by atoms with Crippen LogP contribution in [0.25, 0.3) is 88.6 Å². The minimum atomic E-state index is -0.130. The van der Waals surface area contributed by atoms with E-state index in [-0.39, 0.29) is 5.41 Å². The number of benzene rings is 12. The van der Waals surface area contributed by atoms with Crippen LogP contribution in [0.3, 0.4) is 0 Å². The van der Waals surface area contributed by atoms with Gasteiger partial charge in [-0.25, -0.2) is 4.98 Å². The van der Waals surface area contributed by atoms with Gasteiger partial charge in [-0.1, -0.05) is 302 Å². The highest BCUT2D eigenvalue weighted by molar-refractivity contribution is 6.95. The number of fused-ring (bicyclic) bond motifs is 13.